The van der Waals surface area contributed by atoms with Crippen LogP contribution < -0.4 is 5.23 Å². The third kappa shape index (κ3) is 1.79. The molecule has 1 aliphatic rings. The predicted molar refractivity (Wildman–Crippen MR) is 68.8 cm³/mol. The Morgan fingerprint density at radius 3 is 2.45 bits per heavy atom. The van der Waals surface area contributed by atoms with E-state index >= 15 is 0 Å². The van der Waals surface area contributed by atoms with Gasteiger partial charge in [0, 0.05) is 10.8 Å². The van der Waals surface area contributed by atoms with E-state index in [4.69, 9.17) is 5.21 Å². The minimum absolute atomic E-state index is 0.0184. The molecule has 3 rings (SSSR count). The lowest BCUT2D eigenvalue weighted by Gasteiger charge is -2.10. The first-order valence-corrected chi connectivity index (χ1v) is 5.93. The van der Waals surface area contributed by atoms with Crippen molar-refractivity contribution in [3.63, 3.8) is 0 Å². The highest BCUT2D eigenvalue weighted by molar-refractivity contribution is 6.52. The summed E-state index contributed by atoms with van der Waals surface area (Å²) in [7, 11) is 0. The van der Waals surface area contributed by atoms with Crippen LogP contribution in [0.1, 0.15) is 15.9 Å². The monoisotopic (exact) mass is 271 g/mol. The van der Waals surface area contributed by atoms with E-state index in [0.29, 0.717) is 5.56 Å². The fourth-order valence-corrected chi connectivity index (χ4v) is 2.23. The summed E-state index contributed by atoms with van der Waals surface area (Å²) in [6.07, 6.45) is 0. The molecule has 0 saturated carbocycles. The highest BCUT2D eigenvalue weighted by atomic mass is 16.8. The molecule has 1 heterocycles. The van der Waals surface area contributed by atoms with Crippen molar-refractivity contribution < 1.29 is 25.2 Å². The van der Waals surface area contributed by atoms with Crippen LogP contribution in [0.25, 0.3) is 0 Å². The maximum Gasteiger partial charge on any atom is 0.313 e. The van der Waals surface area contributed by atoms with Gasteiger partial charge in [0.2, 0.25) is 0 Å². The summed E-state index contributed by atoms with van der Waals surface area (Å²) >= 11 is 0. The van der Waals surface area contributed by atoms with Gasteiger partial charge in [0.25, 0.3) is 11.5 Å². The second kappa shape index (κ2) is 4.53. The molecular formula is C14H11N2O4+. The third-order valence-corrected chi connectivity index (χ3v) is 3.19. The summed E-state index contributed by atoms with van der Waals surface area (Å²) in [5, 5.41) is 29.0. The number of Topliss-reactive ketones (excluding diaryl/α,β-unsaturated/α-hetero) is 1. The average Bonchev–Trinajstić information content (AvgIpc) is 2.71. The topological polar surface area (TPSA) is 88.0 Å². The molecule has 0 radical (unpaired) electrons. The van der Waals surface area contributed by atoms with Crippen molar-refractivity contribution in [2.45, 2.75) is 0 Å². The van der Waals surface area contributed by atoms with Gasteiger partial charge in [-0.2, -0.15) is 5.23 Å². The largest absolute Gasteiger partial charge is 0.595 e. The van der Waals surface area contributed by atoms with E-state index in [0.717, 1.165) is 4.74 Å². The van der Waals surface area contributed by atoms with E-state index in [2.05, 4.69) is 0 Å². The molecule has 1 unspecified atom stereocenters. The number of carbonyl (C=O) groups is 1. The molecule has 2 aromatic rings. The zero-order valence-corrected chi connectivity index (χ0v) is 10.3. The van der Waals surface area contributed by atoms with Gasteiger partial charge in [-0.05, 0) is 18.2 Å². The lowest BCUT2D eigenvalue weighted by molar-refractivity contribution is -0.991. The van der Waals surface area contributed by atoms with E-state index in [1.54, 1.807) is 30.3 Å². The van der Waals surface area contributed by atoms with Crippen LogP contribution in [0.4, 0.5) is 11.4 Å². The summed E-state index contributed by atoms with van der Waals surface area (Å²) in [5.74, 6) is -0.328. The molecule has 3 N–H and O–H groups in total. The maximum absolute atomic E-state index is 12.3. The highest BCUT2D eigenvalue weighted by Gasteiger charge is 2.41. The summed E-state index contributed by atoms with van der Waals surface area (Å²) < 4.78 is 0.749. The molecule has 0 aromatic heterocycles. The number of hydrogen-bond donors (Lipinski definition) is 3. The molecule has 1 aliphatic heterocycles. The first-order valence-electron chi connectivity index (χ1n) is 5.93. The number of rotatable bonds is 2. The highest BCUT2D eigenvalue weighted by Crippen LogP contribution is 2.29. The van der Waals surface area contributed by atoms with Gasteiger partial charge < -0.3 is 5.21 Å². The minimum atomic E-state index is -1.11. The smallest absolute Gasteiger partial charge is 0.313 e. The van der Waals surface area contributed by atoms with E-state index in [-0.39, 0.29) is 28.4 Å². The van der Waals surface area contributed by atoms with Gasteiger partial charge in [-0.1, -0.05) is 18.2 Å². The van der Waals surface area contributed by atoms with Crippen LogP contribution in [0.15, 0.2) is 48.5 Å². The Morgan fingerprint density at radius 2 is 1.80 bits per heavy atom. The zero-order valence-electron chi connectivity index (χ0n) is 10.3. The van der Waals surface area contributed by atoms with Gasteiger partial charge in [0.05, 0.1) is 11.6 Å². The Morgan fingerprint density at radius 1 is 1.10 bits per heavy atom. The quantitative estimate of drug-likeness (QED) is 0.428. The molecule has 0 aliphatic carbocycles. The van der Waals surface area contributed by atoms with Crippen molar-refractivity contribution in [2.24, 2.45) is 0 Å². The molecule has 0 spiro atoms. The Labute approximate surface area is 113 Å². The summed E-state index contributed by atoms with van der Waals surface area (Å²) in [6.45, 7) is 0. The number of fused-ring (bicyclic) bond motifs is 1. The van der Waals surface area contributed by atoms with Gasteiger partial charge in [-0.3, -0.25) is 10.0 Å². The van der Waals surface area contributed by atoms with Crippen LogP contribution in [0.2, 0.25) is 0 Å². The predicted octanol–water partition coefficient (Wildman–Crippen LogP) is 0.809. The normalized spacial score (nSPS) is 15.4. The first kappa shape index (κ1) is 12.5. The first-order chi connectivity index (χ1) is 9.59. The Bertz CT molecular complexity index is 723. The van der Waals surface area contributed by atoms with Crippen LogP contribution in [0.3, 0.4) is 0 Å². The molecule has 0 fully saturated rings. The summed E-state index contributed by atoms with van der Waals surface area (Å²) in [5.41, 5.74) is 1.20. The van der Waals surface area contributed by atoms with E-state index < -0.39 is 5.23 Å². The molecular weight excluding hydrogens is 260 g/mol. The molecule has 100 valence electrons. The second-order valence-corrected chi connectivity index (χ2v) is 4.39. The van der Waals surface area contributed by atoms with Crippen molar-refractivity contribution >= 4 is 22.9 Å². The Hall–Kier alpha value is -2.54. The van der Waals surface area contributed by atoms with Crippen LogP contribution in [-0.2, 0) is 0 Å². The minimum Gasteiger partial charge on any atom is -0.595 e. The van der Waals surface area contributed by atoms with Gasteiger partial charge in [-0.25, -0.2) is 5.21 Å². The van der Waals surface area contributed by atoms with Crippen molar-refractivity contribution in [1.29, 1.82) is 0 Å². The van der Waals surface area contributed by atoms with Crippen LogP contribution >= 0.6 is 0 Å². The van der Waals surface area contributed by atoms with E-state index in [9.17, 15) is 15.2 Å². The number of hydrogen-bond acceptors (Lipinski definition) is 4. The molecule has 6 heteroatoms. The molecule has 0 amide bonds. The van der Waals surface area contributed by atoms with Gasteiger partial charge >= 0.3 is 5.71 Å². The molecule has 6 nitrogen and oxygen atoms in total. The number of nitrogens with one attached hydrogen (secondary N) is 1. The summed E-state index contributed by atoms with van der Waals surface area (Å²) in [4.78, 5) is 12.3. The molecule has 0 saturated heterocycles. The Kier molecular flexibility index (Phi) is 2.83. The molecule has 1 atom stereocenters. The lowest BCUT2D eigenvalue weighted by Crippen LogP contribution is -2.99. The van der Waals surface area contributed by atoms with Crippen molar-refractivity contribution in [3.8, 4) is 0 Å². The molecule has 20 heavy (non-hydrogen) atoms. The molecule has 2 aromatic carbocycles. The van der Waals surface area contributed by atoms with E-state index in [1.807, 2.05) is 0 Å². The van der Waals surface area contributed by atoms with Gasteiger partial charge in [0.15, 0.2) is 5.69 Å². The third-order valence-electron chi connectivity index (χ3n) is 3.19. The number of carbonyl (C=O) groups excluding carboxylic acids is 1. The summed E-state index contributed by atoms with van der Waals surface area (Å²) in [6, 6.07) is 12.8. The average molecular weight is 271 g/mol. The van der Waals surface area contributed by atoms with Crippen molar-refractivity contribution in [2.75, 3.05) is 0 Å². The fourth-order valence-electron chi connectivity index (χ4n) is 2.23. The molecule has 0 bridgehead atoms. The number of quaternary nitrogens is 1. The number of benzene rings is 2. The fraction of sp³-hybridized carbons (Fsp3) is 0. The maximum atomic E-state index is 12.3. The number of nitrogens with zero attached hydrogens (tertiary/aromatic N) is 1. The van der Waals surface area contributed by atoms with Gasteiger partial charge in [-0.15, -0.1) is 0 Å². The van der Waals surface area contributed by atoms with Crippen molar-refractivity contribution in [3.05, 3.63) is 64.9 Å². The van der Waals surface area contributed by atoms with Crippen LogP contribution in [0.5, 0.6) is 0 Å². The van der Waals surface area contributed by atoms with Crippen molar-refractivity contribution in [1.82, 2.24) is 0 Å². The zero-order chi connectivity index (χ0) is 14.3. The van der Waals surface area contributed by atoms with Crippen LogP contribution in [0, 0.1) is 5.21 Å². The second-order valence-electron chi connectivity index (χ2n) is 4.39. The lowest BCUT2D eigenvalue weighted by atomic mass is 10.0. The van der Waals surface area contributed by atoms with Gasteiger partial charge in [0.1, 0.15) is 5.56 Å². The number of ketones is 1. The Balaban J connectivity index is 2.17. The standard InChI is InChI=1S/C14H11N2O4/c17-14-11-7-6-10(16(19)20)8-12(11)15(18)13(14)9-4-2-1-3-5-9/h1-8,16,18-19H/q+1. The SMILES string of the molecule is O=C1C(c2ccccc2)=[N+](O)c2cc([NH+]([O-])O)ccc21. The van der Waals surface area contributed by atoms with Crippen LogP contribution in [-0.4, -0.2) is 26.6 Å². The van der Waals surface area contributed by atoms with E-state index in [1.165, 1.54) is 18.2 Å².